The molecular formula is C29H31ClF2N4O6. The first-order valence-electron chi connectivity index (χ1n) is 13.8. The van der Waals surface area contributed by atoms with Gasteiger partial charge in [0.05, 0.1) is 12.2 Å². The summed E-state index contributed by atoms with van der Waals surface area (Å²) >= 11 is 6.26. The number of likely N-dealkylation sites (tertiary alicyclic amines) is 1. The van der Waals surface area contributed by atoms with Crippen LogP contribution in [0.5, 0.6) is 0 Å². The quantitative estimate of drug-likeness (QED) is 0.328. The Morgan fingerprint density at radius 2 is 1.83 bits per heavy atom. The van der Waals surface area contributed by atoms with Crippen molar-refractivity contribution in [2.75, 3.05) is 23.7 Å². The Morgan fingerprint density at radius 1 is 1.12 bits per heavy atom. The number of fused-ring (bicyclic) bond motifs is 2. The van der Waals surface area contributed by atoms with Gasteiger partial charge < -0.3 is 20.1 Å². The van der Waals surface area contributed by atoms with Gasteiger partial charge in [-0.15, -0.1) is 0 Å². The Kier molecular flexibility index (Phi) is 8.27. The van der Waals surface area contributed by atoms with E-state index in [1.807, 2.05) is 0 Å². The maximum Gasteiger partial charge on any atom is 0.412 e. The maximum absolute atomic E-state index is 14.0. The predicted octanol–water partition coefficient (Wildman–Crippen LogP) is 5.82. The second kappa shape index (κ2) is 11.7. The van der Waals surface area contributed by atoms with Crippen LogP contribution in [-0.4, -0.2) is 59.1 Å². The van der Waals surface area contributed by atoms with E-state index < -0.39 is 41.6 Å². The summed E-state index contributed by atoms with van der Waals surface area (Å²) in [5.41, 5.74) is 0.525. The van der Waals surface area contributed by atoms with E-state index in [9.17, 15) is 28.0 Å². The molecule has 13 heteroatoms. The first-order chi connectivity index (χ1) is 19.9. The average molecular weight is 605 g/mol. The zero-order chi connectivity index (χ0) is 30.1. The van der Waals surface area contributed by atoms with E-state index in [-0.39, 0.29) is 55.8 Å². The molecule has 2 atom stereocenters. The van der Waals surface area contributed by atoms with Gasteiger partial charge in [-0.2, -0.15) is 0 Å². The molecule has 2 fully saturated rings. The summed E-state index contributed by atoms with van der Waals surface area (Å²) in [5, 5.41) is 17.0. The maximum atomic E-state index is 14.0. The Balaban J connectivity index is 1.37. The molecule has 0 aromatic heterocycles. The zero-order valence-corrected chi connectivity index (χ0v) is 23.4. The van der Waals surface area contributed by atoms with Crippen LogP contribution in [0.15, 0.2) is 42.5 Å². The molecule has 4 amide bonds. The van der Waals surface area contributed by atoms with E-state index in [1.165, 1.54) is 24.3 Å². The number of carboxylic acid groups (broad SMARTS) is 1. The number of amides is 4. The Labute approximate surface area is 245 Å². The summed E-state index contributed by atoms with van der Waals surface area (Å²) in [4.78, 5) is 52.2. The van der Waals surface area contributed by atoms with Crippen LogP contribution in [0.1, 0.15) is 60.9 Å². The van der Waals surface area contributed by atoms with Crippen molar-refractivity contribution in [1.82, 2.24) is 10.2 Å². The molecule has 2 heterocycles. The highest BCUT2D eigenvalue weighted by molar-refractivity contribution is 6.30. The van der Waals surface area contributed by atoms with E-state index in [4.69, 9.17) is 21.4 Å². The number of hydrogen-bond donors (Lipinski definition) is 4. The standard InChI is InChI=1S/C29H31ClF2N4O6/c30-19-4-7-22-21(15-19)28(42-27(41)35-22)10-1-13-36(16-28)25(38)23(14-17-8-11-29(31,32)12-9-17)34-24(37)18-2-5-20(6-3-18)33-26(39)40/h2-7,15,17,23,33H,1,8-14,16H2,(H,34,37)(H,35,41)(H,39,40)/t23-,28-/m0/s1. The Hall–Kier alpha value is -3.93. The van der Waals surface area contributed by atoms with Crippen LogP contribution in [0, 0.1) is 5.92 Å². The first kappa shape index (κ1) is 29.6. The van der Waals surface area contributed by atoms with Gasteiger partial charge in [-0.25, -0.2) is 18.4 Å². The third kappa shape index (κ3) is 6.59. The molecule has 0 bridgehead atoms. The van der Waals surface area contributed by atoms with E-state index in [2.05, 4.69) is 16.0 Å². The lowest BCUT2D eigenvalue weighted by Crippen LogP contribution is -2.57. The van der Waals surface area contributed by atoms with Crippen molar-refractivity contribution in [3.8, 4) is 0 Å². The monoisotopic (exact) mass is 604 g/mol. The summed E-state index contributed by atoms with van der Waals surface area (Å²) in [7, 11) is 0. The van der Waals surface area contributed by atoms with Crippen molar-refractivity contribution in [3.63, 3.8) is 0 Å². The molecule has 0 unspecified atom stereocenters. The highest BCUT2D eigenvalue weighted by atomic mass is 35.5. The van der Waals surface area contributed by atoms with Gasteiger partial charge in [0, 0.05) is 41.2 Å². The molecule has 1 saturated heterocycles. The van der Waals surface area contributed by atoms with Gasteiger partial charge in [0.25, 0.3) is 5.91 Å². The van der Waals surface area contributed by atoms with Crippen LogP contribution in [-0.2, 0) is 15.1 Å². The van der Waals surface area contributed by atoms with E-state index >= 15 is 0 Å². The number of hydrogen-bond acceptors (Lipinski definition) is 5. The number of alkyl halides is 2. The third-order valence-corrected chi connectivity index (χ3v) is 8.41. The summed E-state index contributed by atoms with van der Waals surface area (Å²) in [6.45, 7) is 0.392. The lowest BCUT2D eigenvalue weighted by molar-refractivity contribution is -0.141. The number of ether oxygens (including phenoxy) is 1. The summed E-state index contributed by atoms with van der Waals surface area (Å²) < 4.78 is 33.5. The van der Waals surface area contributed by atoms with E-state index in [1.54, 1.807) is 23.1 Å². The van der Waals surface area contributed by atoms with Crippen LogP contribution in [0.25, 0.3) is 0 Å². The molecule has 2 aromatic carbocycles. The fourth-order valence-electron chi connectivity index (χ4n) is 6.06. The fraction of sp³-hybridized carbons (Fsp3) is 0.448. The second-order valence-electron chi connectivity index (χ2n) is 11.1. The summed E-state index contributed by atoms with van der Waals surface area (Å²) in [6, 6.07) is 9.71. The number of anilines is 2. The van der Waals surface area contributed by atoms with Crippen molar-refractivity contribution in [1.29, 1.82) is 0 Å². The third-order valence-electron chi connectivity index (χ3n) is 8.17. The number of nitrogens with one attached hydrogen (secondary N) is 3. The molecule has 224 valence electrons. The van der Waals surface area contributed by atoms with Crippen LogP contribution in [0.4, 0.5) is 29.7 Å². The Morgan fingerprint density at radius 3 is 2.52 bits per heavy atom. The van der Waals surface area contributed by atoms with Gasteiger partial charge in [0.15, 0.2) is 5.60 Å². The lowest BCUT2D eigenvalue weighted by Gasteiger charge is -2.46. The van der Waals surface area contributed by atoms with Crippen molar-refractivity contribution in [2.45, 2.75) is 62.5 Å². The minimum atomic E-state index is -2.74. The molecule has 1 spiro atoms. The molecular weight excluding hydrogens is 574 g/mol. The van der Waals surface area contributed by atoms with Crippen molar-refractivity contribution in [2.24, 2.45) is 5.92 Å². The minimum Gasteiger partial charge on any atom is -0.465 e. The smallest absolute Gasteiger partial charge is 0.412 e. The largest absolute Gasteiger partial charge is 0.465 e. The summed E-state index contributed by atoms with van der Waals surface area (Å²) in [6.07, 6.45) is -0.861. The molecule has 4 N–H and O–H groups in total. The molecule has 3 aliphatic rings. The number of carbonyl (C=O) groups excluding carboxylic acids is 3. The average Bonchev–Trinajstić information content (AvgIpc) is 2.94. The number of carbonyl (C=O) groups is 4. The van der Waals surface area contributed by atoms with Crippen molar-refractivity contribution in [3.05, 3.63) is 58.6 Å². The fourth-order valence-corrected chi connectivity index (χ4v) is 6.24. The SMILES string of the molecule is O=C(O)Nc1ccc(C(=O)N[C@@H](CC2CCC(F)(F)CC2)C(=O)N2CCC[C@@]3(C2)OC(=O)Nc2ccc(Cl)cc23)cc1. The van der Waals surface area contributed by atoms with Crippen LogP contribution in [0.2, 0.25) is 5.02 Å². The van der Waals surface area contributed by atoms with Gasteiger partial charge >= 0.3 is 12.2 Å². The molecule has 42 heavy (non-hydrogen) atoms. The molecule has 2 aliphatic heterocycles. The highest BCUT2D eigenvalue weighted by Crippen LogP contribution is 2.44. The lowest BCUT2D eigenvalue weighted by atomic mass is 9.81. The first-order valence-corrected chi connectivity index (χ1v) is 14.2. The van der Waals surface area contributed by atoms with Gasteiger partial charge in [-0.3, -0.25) is 20.2 Å². The van der Waals surface area contributed by atoms with Gasteiger partial charge in [0.2, 0.25) is 11.8 Å². The van der Waals surface area contributed by atoms with Crippen LogP contribution >= 0.6 is 11.6 Å². The van der Waals surface area contributed by atoms with Gasteiger partial charge in [-0.05, 0) is 80.5 Å². The number of halogens is 3. The Bertz CT molecular complexity index is 1380. The molecule has 5 rings (SSSR count). The molecule has 2 aromatic rings. The topological polar surface area (TPSA) is 137 Å². The number of benzene rings is 2. The summed E-state index contributed by atoms with van der Waals surface area (Å²) in [5.74, 6) is -3.90. The van der Waals surface area contributed by atoms with Crippen molar-refractivity contribution >= 4 is 47.0 Å². The highest BCUT2D eigenvalue weighted by Gasteiger charge is 2.47. The van der Waals surface area contributed by atoms with Gasteiger partial charge in [0.1, 0.15) is 6.04 Å². The van der Waals surface area contributed by atoms with E-state index in [0.717, 1.165) is 0 Å². The van der Waals surface area contributed by atoms with E-state index in [0.29, 0.717) is 35.7 Å². The van der Waals surface area contributed by atoms with Crippen LogP contribution in [0.3, 0.4) is 0 Å². The second-order valence-corrected chi connectivity index (χ2v) is 11.6. The van der Waals surface area contributed by atoms with Crippen LogP contribution < -0.4 is 16.0 Å². The minimum absolute atomic E-state index is 0.0389. The van der Waals surface area contributed by atoms with Crippen molar-refractivity contribution < 1.29 is 37.8 Å². The number of rotatable bonds is 6. The molecule has 1 aliphatic carbocycles. The van der Waals surface area contributed by atoms with Gasteiger partial charge in [-0.1, -0.05) is 11.6 Å². The molecule has 0 radical (unpaired) electrons. The number of piperidine rings is 1. The zero-order valence-electron chi connectivity index (χ0n) is 22.6. The number of nitrogens with zero attached hydrogens (tertiary/aromatic N) is 1. The molecule has 10 nitrogen and oxygen atoms in total. The normalized spacial score (nSPS) is 22.4. The molecule has 1 saturated carbocycles. The predicted molar refractivity (Wildman–Crippen MR) is 150 cm³/mol.